The molecule has 0 atom stereocenters. The highest BCUT2D eigenvalue weighted by atomic mass is 16.2. The number of carbonyl (C=O) groups is 1. The van der Waals surface area contributed by atoms with Gasteiger partial charge in [-0.3, -0.25) is 5.10 Å². The fourth-order valence-corrected chi connectivity index (χ4v) is 2.41. The lowest BCUT2D eigenvalue weighted by Gasteiger charge is -2.18. The van der Waals surface area contributed by atoms with Crippen LogP contribution >= 0.6 is 0 Å². The molecule has 6 nitrogen and oxygen atoms in total. The van der Waals surface area contributed by atoms with Gasteiger partial charge < -0.3 is 16.0 Å². The minimum atomic E-state index is -0.173. The Balaban J connectivity index is 1.61. The summed E-state index contributed by atoms with van der Waals surface area (Å²) in [4.78, 5) is 13.9. The van der Waals surface area contributed by atoms with Gasteiger partial charge >= 0.3 is 6.03 Å². The van der Waals surface area contributed by atoms with Crippen molar-refractivity contribution in [2.45, 2.75) is 6.54 Å². The minimum Gasteiger partial charge on any atom is -0.399 e. The lowest BCUT2D eigenvalue weighted by Crippen LogP contribution is -2.30. The highest BCUT2D eigenvalue weighted by Gasteiger charge is 2.10. The SMILES string of the molecule is CN(Cc1cccc(N)c1)C(=O)Nc1ccc(-c2cn[nH]c2)cc1. The number of nitrogens with two attached hydrogens (primary N) is 1. The standard InChI is InChI=1S/C18H19N5O/c1-23(12-13-3-2-4-16(19)9-13)18(24)22-17-7-5-14(6-8-17)15-10-20-21-11-15/h2-11H,12,19H2,1H3,(H,20,21)(H,22,24). The molecule has 6 heteroatoms. The first-order valence-electron chi connectivity index (χ1n) is 7.57. The zero-order valence-corrected chi connectivity index (χ0v) is 13.4. The molecule has 122 valence electrons. The van der Waals surface area contributed by atoms with Crippen molar-refractivity contribution in [1.82, 2.24) is 15.1 Å². The van der Waals surface area contributed by atoms with E-state index in [2.05, 4.69) is 15.5 Å². The summed E-state index contributed by atoms with van der Waals surface area (Å²) in [6, 6.07) is 15.0. The van der Waals surface area contributed by atoms with E-state index in [-0.39, 0.29) is 6.03 Å². The van der Waals surface area contributed by atoms with Crippen molar-refractivity contribution >= 4 is 17.4 Å². The van der Waals surface area contributed by atoms with Crippen LogP contribution in [0, 0.1) is 0 Å². The molecule has 1 heterocycles. The van der Waals surface area contributed by atoms with Gasteiger partial charge in [0, 0.05) is 36.7 Å². The van der Waals surface area contributed by atoms with Crippen LogP contribution in [0.25, 0.3) is 11.1 Å². The van der Waals surface area contributed by atoms with Crippen molar-refractivity contribution in [3.8, 4) is 11.1 Å². The van der Waals surface area contributed by atoms with Gasteiger partial charge in [0.15, 0.2) is 0 Å². The molecule has 2 amide bonds. The van der Waals surface area contributed by atoms with E-state index in [9.17, 15) is 4.79 Å². The number of hydrogen-bond acceptors (Lipinski definition) is 3. The second-order valence-electron chi connectivity index (χ2n) is 5.60. The van der Waals surface area contributed by atoms with E-state index in [4.69, 9.17) is 5.73 Å². The highest BCUT2D eigenvalue weighted by Crippen LogP contribution is 2.20. The summed E-state index contributed by atoms with van der Waals surface area (Å²) in [5.74, 6) is 0. The van der Waals surface area contributed by atoms with E-state index in [0.717, 1.165) is 22.4 Å². The molecule has 1 aromatic heterocycles. The molecule has 0 fully saturated rings. The number of benzene rings is 2. The summed E-state index contributed by atoms with van der Waals surface area (Å²) in [6.07, 6.45) is 3.58. The van der Waals surface area contributed by atoms with Crippen LogP contribution in [0.2, 0.25) is 0 Å². The van der Waals surface area contributed by atoms with Crippen LogP contribution in [0.15, 0.2) is 60.9 Å². The third-order valence-electron chi connectivity index (χ3n) is 3.69. The van der Waals surface area contributed by atoms with Crippen LogP contribution in [0.3, 0.4) is 0 Å². The molecule has 24 heavy (non-hydrogen) atoms. The molecular weight excluding hydrogens is 302 g/mol. The van der Waals surface area contributed by atoms with Crippen molar-refractivity contribution in [2.24, 2.45) is 0 Å². The third-order valence-corrected chi connectivity index (χ3v) is 3.69. The minimum absolute atomic E-state index is 0.173. The van der Waals surface area contributed by atoms with Crippen molar-refractivity contribution in [2.75, 3.05) is 18.1 Å². The molecule has 0 saturated carbocycles. The quantitative estimate of drug-likeness (QED) is 0.644. The number of carbonyl (C=O) groups excluding carboxylic acids is 1. The molecule has 4 N–H and O–H groups in total. The maximum Gasteiger partial charge on any atom is 0.321 e. The van der Waals surface area contributed by atoms with Gasteiger partial charge in [0.05, 0.1) is 6.20 Å². The van der Waals surface area contributed by atoms with Gasteiger partial charge in [-0.1, -0.05) is 24.3 Å². The number of urea groups is 1. The number of H-pyrrole nitrogens is 1. The topological polar surface area (TPSA) is 87.0 Å². The predicted molar refractivity (Wildman–Crippen MR) is 95.4 cm³/mol. The molecule has 0 aliphatic heterocycles. The second kappa shape index (κ2) is 6.87. The lowest BCUT2D eigenvalue weighted by molar-refractivity contribution is 0.220. The van der Waals surface area contributed by atoms with Crippen molar-refractivity contribution in [3.63, 3.8) is 0 Å². The van der Waals surface area contributed by atoms with Crippen LogP contribution in [0.5, 0.6) is 0 Å². The average Bonchev–Trinajstić information content (AvgIpc) is 3.10. The number of nitrogens with one attached hydrogen (secondary N) is 2. The monoisotopic (exact) mass is 321 g/mol. The van der Waals surface area contributed by atoms with Gasteiger partial charge in [0.1, 0.15) is 0 Å². The number of amides is 2. The fourth-order valence-electron chi connectivity index (χ4n) is 2.41. The molecule has 3 rings (SSSR count). The molecule has 0 unspecified atom stereocenters. The Morgan fingerprint density at radius 2 is 2.00 bits per heavy atom. The van der Waals surface area contributed by atoms with E-state index in [1.807, 2.05) is 54.7 Å². The first-order chi connectivity index (χ1) is 11.6. The molecule has 2 aromatic carbocycles. The maximum atomic E-state index is 12.3. The summed E-state index contributed by atoms with van der Waals surface area (Å²) in [6.45, 7) is 0.490. The Morgan fingerprint density at radius 3 is 2.67 bits per heavy atom. The molecule has 0 aliphatic rings. The van der Waals surface area contributed by atoms with Crippen LogP contribution in [0.1, 0.15) is 5.56 Å². The van der Waals surface area contributed by atoms with Crippen molar-refractivity contribution in [3.05, 3.63) is 66.5 Å². The fraction of sp³-hybridized carbons (Fsp3) is 0.111. The number of aromatic nitrogens is 2. The number of nitrogens with zero attached hydrogens (tertiary/aromatic N) is 2. The number of nitrogen functional groups attached to an aromatic ring is 1. The molecule has 0 radical (unpaired) electrons. The molecular formula is C18H19N5O. The summed E-state index contributed by atoms with van der Waals surface area (Å²) in [7, 11) is 1.75. The average molecular weight is 321 g/mol. The van der Waals surface area contributed by atoms with Crippen LogP contribution in [0.4, 0.5) is 16.2 Å². The Bertz CT molecular complexity index is 812. The Labute approximate surface area is 140 Å². The van der Waals surface area contributed by atoms with E-state index in [0.29, 0.717) is 12.2 Å². The molecule has 0 aliphatic carbocycles. The number of anilines is 2. The van der Waals surface area contributed by atoms with Crippen LogP contribution < -0.4 is 11.1 Å². The zero-order chi connectivity index (χ0) is 16.9. The molecule has 0 bridgehead atoms. The maximum absolute atomic E-state index is 12.3. The van der Waals surface area contributed by atoms with Gasteiger partial charge in [0.25, 0.3) is 0 Å². The van der Waals surface area contributed by atoms with Gasteiger partial charge in [-0.25, -0.2) is 4.79 Å². The number of hydrogen-bond donors (Lipinski definition) is 3. The molecule has 0 saturated heterocycles. The first-order valence-corrected chi connectivity index (χ1v) is 7.57. The summed E-state index contributed by atoms with van der Waals surface area (Å²) in [5, 5.41) is 9.59. The van der Waals surface area contributed by atoms with Crippen molar-refractivity contribution < 1.29 is 4.79 Å². The molecule has 0 spiro atoms. The smallest absolute Gasteiger partial charge is 0.321 e. The van der Waals surface area contributed by atoms with Crippen molar-refractivity contribution in [1.29, 1.82) is 0 Å². The normalized spacial score (nSPS) is 10.4. The van der Waals surface area contributed by atoms with Gasteiger partial charge in [-0.2, -0.15) is 5.10 Å². The van der Waals surface area contributed by atoms with Crippen LogP contribution in [-0.2, 0) is 6.54 Å². The summed E-state index contributed by atoms with van der Waals surface area (Å²) in [5.41, 5.74) is 10.2. The first kappa shape index (κ1) is 15.6. The Morgan fingerprint density at radius 1 is 1.21 bits per heavy atom. The molecule has 3 aromatic rings. The Kier molecular flexibility index (Phi) is 4.47. The second-order valence-corrected chi connectivity index (χ2v) is 5.60. The summed E-state index contributed by atoms with van der Waals surface area (Å²) < 4.78 is 0. The van der Waals surface area contributed by atoms with Gasteiger partial charge in [-0.05, 0) is 35.4 Å². The van der Waals surface area contributed by atoms with Crippen LogP contribution in [-0.4, -0.2) is 28.2 Å². The third kappa shape index (κ3) is 3.73. The van der Waals surface area contributed by atoms with E-state index in [1.165, 1.54) is 0 Å². The van der Waals surface area contributed by atoms with Gasteiger partial charge in [-0.15, -0.1) is 0 Å². The largest absolute Gasteiger partial charge is 0.399 e. The van der Waals surface area contributed by atoms with E-state index < -0.39 is 0 Å². The lowest BCUT2D eigenvalue weighted by atomic mass is 10.1. The van der Waals surface area contributed by atoms with E-state index in [1.54, 1.807) is 18.1 Å². The number of aromatic amines is 1. The predicted octanol–water partition coefficient (Wildman–Crippen LogP) is 3.32. The zero-order valence-electron chi connectivity index (χ0n) is 13.4. The Hall–Kier alpha value is -3.28. The summed E-state index contributed by atoms with van der Waals surface area (Å²) >= 11 is 0. The van der Waals surface area contributed by atoms with E-state index >= 15 is 0 Å². The highest BCUT2D eigenvalue weighted by molar-refractivity contribution is 5.89. The number of rotatable bonds is 4. The van der Waals surface area contributed by atoms with Gasteiger partial charge in [0.2, 0.25) is 0 Å².